The highest BCUT2D eigenvalue weighted by atomic mass is 16.1. The summed E-state index contributed by atoms with van der Waals surface area (Å²) < 4.78 is 0. The molecule has 0 bridgehead atoms. The van der Waals surface area contributed by atoms with E-state index < -0.39 is 0 Å². The number of carbonyl (C=O) groups excluding carboxylic acids is 1. The van der Waals surface area contributed by atoms with Gasteiger partial charge in [-0.25, -0.2) is 9.97 Å². The molecule has 0 saturated carbocycles. The van der Waals surface area contributed by atoms with Crippen LogP contribution < -0.4 is 15.5 Å². The van der Waals surface area contributed by atoms with Crippen LogP contribution in [0.3, 0.4) is 0 Å². The summed E-state index contributed by atoms with van der Waals surface area (Å²) >= 11 is 0. The van der Waals surface area contributed by atoms with Crippen LogP contribution in [0.1, 0.15) is 29.6 Å². The fraction of sp³-hybridized carbons (Fsp3) is 0.333. The van der Waals surface area contributed by atoms with Crippen molar-refractivity contribution in [2.24, 2.45) is 0 Å². The number of nitrogens with zero attached hydrogens (tertiary/aromatic N) is 5. The number of nitrogens with one attached hydrogen (secondary N) is 2. The Morgan fingerprint density at radius 2 is 1.80 bits per heavy atom. The van der Waals surface area contributed by atoms with Crippen molar-refractivity contribution in [1.82, 2.24) is 20.2 Å². The van der Waals surface area contributed by atoms with Gasteiger partial charge in [0.1, 0.15) is 6.54 Å². The van der Waals surface area contributed by atoms with E-state index >= 15 is 0 Å². The van der Waals surface area contributed by atoms with Gasteiger partial charge in [-0.15, -0.1) is 0 Å². The number of amides is 1. The molecule has 0 radical (unpaired) electrons. The molecule has 0 spiro atoms. The molecule has 2 aromatic carbocycles. The second-order valence-corrected chi connectivity index (χ2v) is 8.99. The molecule has 178 valence electrons. The van der Waals surface area contributed by atoms with Gasteiger partial charge in [-0.3, -0.25) is 9.69 Å². The van der Waals surface area contributed by atoms with Gasteiger partial charge in [0.2, 0.25) is 5.95 Å². The third-order valence-corrected chi connectivity index (χ3v) is 6.74. The van der Waals surface area contributed by atoms with Crippen LogP contribution in [-0.2, 0) is 0 Å². The maximum Gasteiger partial charge on any atom is 0.252 e. The van der Waals surface area contributed by atoms with Gasteiger partial charge in [0, 0.05) is 47.8 Å². The summed E-state index contributed by atoms with van der Waals surface area (Å²) in [6.45, 7) is 4.71. The molecular formula is C27H29N7O. The number of hydrogen-bond donors (Lipinski definition) is 2. The van der Waals surface area contributed by atoms with E-state index in [1.54, 1.807) is 18.3 Å². The molecule has 2 saturated heterocycles. The zero-order chi connectivity index (χ0) is 24.0. The van der Waals surface area contributed by atoms with Crippen molar-refractivity contribution in [3.05, 3.63) is 66.4 Å². The van der Waals surface area contributed by atoms with E-state index in [0.717, 1.165) is 30.0 Å². The Hall–Kier alpha value is -3.96. The fourth-order valence-electron chi connectivity index (χ4n) is 4.86. The van der Waals surface area contributed by atoms with E-state index in [-0.39, 0.29) is 12.5 Å². The van der Waals surface area contributed by atoms with Gasteiger partial charge in [-0.1, -0.05) is 12.1 Å². The molecule has 1 atom stereocenters. The smallest absolute Gasteiger partial charge is 0.252 e. The molecule has 3 heterocycles. The molecule has 35 heavy (non-hydrogen) atoms. The Balaban J connectivity index is 1.21. The average molecular weight is 468 g/mol. The van der Waals surface area contributed by atoms with E-state index in [0.29, 0.717) is 17.6 Å². The lowest BCUT2D eigenvalue weighted by atomic mass is 10.1. The van der Waals surface area contributed by atoms with Crippen LogP contribution in [0.4, 0.5) is 17.3 Å². The van der Waals surface area contributed by atoms with Crippen molar-refractivity contribution in [1.29, 1.82) is 5.26 Å². The van der Waals surface area contributed by atoms with Crippen molar-refractivity contribution in [2.75, 3.05) is 42.9 Å². The molecule has 0 aliphatic carbocycles. The number of anilines is 3. The first-order valence-electron chi connectivity index (χ1n) is 12.1. The van der Waals surface area contributed by atoms with Gasteiger partial charge in [-0.05, 0) is 74.8 Å². The van der Waals surface area contributed by atoms with Crippen LogP contribution in [0.25, 0.3) is 11.3 Å². The minimum atomic E-state index is -0.271. The maximum absolute atomic E-state index is 12.0. The number of carbonyl (C=O) groups is 1. The highest BCUT2D eigenvalue weighted by molar-refractivity contribution is 5.94. The molecule has 2 fully saturated rings. The number of benzene rings is 2. The highest BCUT2D eigenvalue weighted by Gasteiger charge is 2.29. The first kappa shape index (κ1) is 22.8. The predicted molar refractivity (Wildman–Crippen MR) is 137 cm³/mol. The second kappa shape index (κ2) is 10.5. The van der Waals surface area contributed by atoms with E-state index in [2.05, 4.69) is 54.7 Å². The summed E-state index contributed by atoms with van der Waals surface area (Å²) in [6.07, 6.45) is 5.64. The zero-order valence-electron chi connectivity index (χ0n) is 19.7. The third kappa shape index (κ3) is 5.42. The third-order valence-electron chi connectivity index (χ3n) is 6.74. The minimum Gasteiger partial charge on any atom is -0.370 e. The second-order valence-electron chi connectivity index (χ2n) is 8.99. The molecule has 8 heteroatoms. The van der Waals surface area contributed by atoms with Crippen LogP contribution in [0, 0.1) is 11.3 Å². The molecule has 1 amide bonds. The normalized spacial score (nSPS) is 17.8. The van der Waals surface area contributed by atoms with Crippen molar-refractivity contribution < 1.29 is 4.79 Å². The molecule has 1 aromatic heterocycles. The summed E-state index contributed by atoms with van der Waals surface area (Å²) in [5, 5.41) is 14.4. The number of likely N-dealkylation sites (tertiary alicyclic amines) is 1. The monoisotopic (exact) mass is 467 g/mol. The van der Waals surface area contributed by atoms with E-state index in [4.69, 9.17) is 5.26 Å². The molecule has 3 aromatic rings. The standard InChI is InChI=1S/C27H29N7O/c28-13-15-29-26(35)21-5-3-20(4-6-21)25-11-14-30-27(32-25)31-22-7-9-23(10-8-22)34-18-12-24(19-34)33-16-1-2-17-33/h3-11,14,24H,1-2,12,15-19H2,(H,29,35)(H,30,31,32)/t24-/m1/s1. The van der Waals surface area contributed by atoms with Crippen LogP contribution in [0.15, 0.2) is 60.8 Å². The first-order valence-corrected chi connectivity index (χ1v) is 12.1. The summed E-state index contributed by atoms with van der Waals surface area (Å²) in [7, 11) is 0. The lowest BCUT2D eigenvalue weighted by Gasteiger charge is -2.24. The molecular weight excluding hydrogens is 438 g/mol. The van der Waals surface area contributed by atoms with Crippen molar-refractivity contribution in [2.45, 2.75) is 25.3 Å². The van der Waals surface area contributed by atoms with E-state index in [9.17, 15) is 4.79 Å². The van der Waals surface area contributed by atoms with Gasteiger partial charge >= 0.3 is 0 Å². The Morgan fingerprint density at radius 3 is 2.54 bits per heavy atom. The Bertz CT molecular complexity index is 1200. The molecule has 8 nitrogen and oxygen atoms in total. The zero-order valence-corrected chi connectivity index (χ0v) is 19.7. The van der Waals surface area contributed by atoms with Crippen molar-refractivity contribution in [3.8, 4) is 17.3 Å². The predicted octanol–water partition coefficient (Wildman–Crippen LogP) is 3.82. The van der Waals surface area contributed by atoms with Crippen LogP contribution in [-0.4, -0.2) is 59.5 Å². The molecule has 2 N–H and O–H groups in total. The molecule has 2 aliphatic heterocycles. The lowest BCUT2D eigenvalue weighted by molar-refractivity contribution is 0.0958. The lowest BCUT2D eigenvalue weighted by Crippen LogP contribution is -2.35. The van der Waals surface area contributed by atoms with Crippen molar-refractivity contribution in [3.63, 3.8) is 0 Å². The molecule has 5 rings (SSSR count). The summed E-state index contributed by atoms with van der Waals surface area (Å²) in [6, 6.07) is 20.0. The number of nitriles is 1. The summed E-state index contributed by atoms with van der Waals surface area (Å²) in [5.41, 5.74) is 4.33. The largest absolute Gasteiger partial charge is 0.370 e. The van der Waals surface area contributed by atoms with E-state index in [1.807, 2.05) is 24.3 Å². The molecule has 2 aliphatic rings. The van der Waals surface area contributed by atoms with Crippen LogP contribution >= 0.6 is 0 Å². The Kier molecular flexibility index (Phi) is 6.87. The first-order chi connectivity index (χ1) is 17.2. The van der Waals surface area contributed by atoms with Gasteiger partial charge in [0.15, 0.2) is 0 Å². The quantitative estimate of drug-likeness (QED) is 0.510. The SMILES string of the molecule is N#CCNC(=O)c1ccc(-c2ccnc(Nc3ccc(N4CC[C@@H](N5CCCC5)C4)cc3)n2)cc1. The highest BCUT2D eigenvalue weighted by Crippen LogP contribution is 2.27. The number of hydrogen-bond acceptors (Lipinski definition) is 7. The molecule has 0 unspecified atom stereocenters. The van der Waals surface area contributed by atoms with Gasteiger partial charge < -0.3 is 15.5 Å². The number of aromatic nitrogens is 2. The van der Waals surface area contributed by atoms with Gasteiger partial charge in [0.05, 0.1) is 11.8 Å². The van der Waals surface area contributed by atoms with Gasteiger partial charge in [0.25, 0.3) is 5.91 Å². The fourth-order valence-corrected chi connectivity index (χ4v) is 4.86. The number of rotatable bonds is 7. The van der Waals surface area contributed by atoms with Gasteiger partial charge in [-0.2, -0.15) is 5.26 Å². The van der Waals surface area contributed by atoms with Crippen LogP contribution in [0.5, 0.6) is 0 Å². The van der Waals surface area contributed by atoms with E-state index in [1.165, 1.54) is 38.0 Å². The van der Waals surface area contributed by atoms with Crippen LogP contribution in [0.2, 0.25) is 0 Å². The average Bonchev–Trinajstić information content (AvgIpc) is 3.61. The maximum atomic E-state index is 12.0. The Labute approximate surface area is 205 Å². The minimum absolute atomic E-state index is 0.0142. The Morgan fingerprint density at radius 1 is 1.03 bits per heavy atom. The summed E-state index contributed by atoms with van der Waals surface area (Å²) in [5.74, 6) is 0.244. The summed E-state index contributed by atoms with van der Waals surface area (Å²) in [4.78, 5) is 26.1. The van der Waals surface area contributed by atoms with Crippen molar-refractivity contribution >= 4 is 23.2 Å². The topological polar surface area (TPSA) is 97.2 Å².